The Balaban J connectivity index is 2.01. The monoisotopic (exact) mass is 257 g/mol. The molecule has 0 aliphatic rings. The van der Waals surface area contributed by atoms with Crippen LogP contribution in [0.15, 0.2) is 42.9 Å². The van der Waals surface area contributed by atoms with Gasteiger partial charge in [-0.1, -0.05) is 6.07 Å². The largest absolute Gasteiger partial charge is 0.378 e. The Labute approximate surface area is 111 Å². The minimum atomic E-state index is -0.351. The lowest BCUT2D eigenvalue weighted by molar-refractivity contribution is 0.262. The topological polar surface area (TPSA) is 70.2 Å². The number of aromatic nitrogens is 2. The Kier molecular flexibility index (Phi) is 3.92. The number of urea groups is 1. The zero-order valence-electron chi connectivity index (χ0n) is 10.8. The van der Waals surface area contributed by atoms with Gasteiger partial charge in [-0.05, 0) is 18.2 Å². The normalized spacial score (nSPS) is 9.79. The standard InChI is InChI=1S/C13H15N5O/c1-18(2)11-5-3-4-10(8-11)16-13(19)17-12-9-14-6-7-15-12/h3-9H,1-2H3,(H2,15,16,17,19). The highest BCUT2D eigenvalue weighted by atomic mass is 16.2. The number of amides is 2. The second-order valence-corrected chi connectivity index (χ2v) is 4.11. The highest BCUT2D eigenvalue weighted by molar-refractivity contribution is 5.99. The minimum absolute atomic E-state index is 0.351. The Morgan fingerprint density at radius 3 is 2.74 bits per heavy atom. The minimum Gasteiger partial charge on any atom is -0.378 e. The molecule has 6 heteroatoms. The van der Waals surface area contributed by atoms with Crippen LogP contribution < -0.4 is 15.5 Å². The molecule has 0 unspecified atom stereocenters. The van der Waals surface area contributed by atoms with Gasteiger partial charge in [0.2, 0.25) is 0 Å². The van der Waals surface area contributed by atoms with Crippen molar-refractivity contribution in [1.29, 1.82) is 0 Å². The van der Waals surface area contributed by atoms with Gasteiger partial charge in [0, 0.05) is 37.9 Å². The molecule has 1 heterocycles. The fourth-order valence-electron chi connectivity index (χ4n) is 1.50. The lowest BCUT2D eigenvalue weighted by Gasteiger charge is -2.14. The van der Waals surface area contributed by atoms with Crippen LogP contribution in [-0.4, -0.2) is 30.1 Å². The summed E-state index contributed by atoms with van der Waals surface area (Å²) in [4.78, 5) is 21.6. The fourth-order valence-corrected chi connectivity index (χ4v) is 1.50. The van der Waals surface area contributed by atoms with Crippen molar-refractivity contribution in [3.05, 3.63) is 42.9 Å². The zero-order chi connectivity index (χ0) is 13.7. The summed E-state index contributed by atoms with van der Waals surface area (Å²) < 4.78 is 0. The van der Waals surface area contributed by atoms with Gasteiger partial charge >= 0.3 is 6.03 Å². The van der Waals surface area contributed by atoms with E-state index in [0.29, 0.717) is 11.5 Å². The van der Waals surface area contributed by atoms with E-state index in [4.69, 9.17) is 0 Å². The summed E-state index contributed by atoms with van der Waals surface area (Å²) in [6, 6.07) is 7.20. The van der Waals surface area contributed by atoms with Crippen molar-refractivity contribution in [2.75, 3.05) is 29.6 Å². The van der Waals surface area contributed by atoms with Crippen LogP contribution in [-0.2, 0) is 0 Å². The lowest BCUT2D eigenvalue weighted by atomic mass is 10.2. The van der Waals surface area contributed by atoms with Crippen LogP contribution in [0.1, 0.15) is 0 Å². The molecule has 0 atom stereocenters. The number of hydrogen-bond acceptors (Lipinski definition) is 4. The molecule has 0 fully saturated rings. The third kappa shape index (κ3) is 3.67. The Morgan fingerprint density at radius 2 is 2.05 bits per heavy atom. The number of carbonyl (C=O) groups excluding carboxylic acids is 1. The molecule has 19 heavy (non-hydrogen) atoms. The van der Waals surface area contributed by atoms with Gasteiger partial charge in [-0.15, -0.1) is 0 Å². The van der Waals surface area contributed by atoms with E-state index in [-0.39, 0.29) is 6.03 Å². The average Bonchev–Trinajstić information content (AvgIpc) is 2.40. The van der Waals surface area contributed by atoms with Crippen LogP contribution >= 0.6 is 0 Å². The summed E-state index contributed by atoms with van der Waals surface area (Å²) in [6.45, 7) is 0. The maximum absolute atomic E-state index is 11.8. The molecule has 0 saturated carbocycles. The molecule has 2 N–H and O–H groups in total. The van der Waals surface area contributed by atoms with Crippen molar-refractivity contribution in [3.63, 3.8) is 0 Å². The number of rotatable bonds is 3. The van der Waals surface area contributed by atoms with Gasteiger partial charge in [0.15, 0.2) is 5.82 Å². The molecule has 0 saturated heterocycles. The van der Waals surface area contributed by atoms with Gasteiger partial charge in [-0.2, -0.15) is 0 Å². The van der Waals surface area contributed by atoms with Gasteiger partial charge in [-0.25, -0.2) is 9.78 Å². The van der Waals surface area contributed by atoms with Crippen molar-refractivity contribution in [1.82, 2.24) is 9.97 Å². The van der Waals surface area contributed by atoms with E-state index >= 15 is 0 Å². The predicted octanol–water partition coefficient (Wildman–Crippen LogP) is 2.19. The molecule has 0 bridgehead atoms. The summed E-state index contributed by atoms with van der Waals surface area (Å²) in [5, 5.41) is 5.34. The fraction of sp³-hybridized carbons (Fsp3) is 0.154. The van der Waals surface area contributed by atoms with E-state index < -0.39 is 0 Å². The molecule has 2 rings (SSSR count). The van der Waals surface area contributed by atoms with Crippen molar-refractivity contribution < 1.29 is 4.79 Å². The van der Waals surface area contributed by atoms with Gasteiger partial charge in [0.25, 0.3) is 0 Å². The summed E-state index contributed by atoms with van der Waals surface area (Å²) in [7, 11) is 3.89. The van der Waals surface area contributed by atoms with Crippen molar-refractivity contribution in [2.45, 2.75) is 0 Å². The molecule has 0 radical (unpaired) electrons. The van der Waals surface area contributed by atoms with Crippen molar-refractivity contribution in [2.24, 2.45) is 0 Å². The molecule has 1 aromatic carbocycles. The van der Waals surface area contributed by atoms with Crippen LogP contribution in [0.5, 0.6) is 0 Å². The number of benzene rings is 1. The SMILES string of the molecule is CN(C)c1cccc(NC(=O)Nc2cnccn2)c1. The van der Waals surface area contributed by atoms with Gasteiger partial charge in [0.1, 0.15) is 0 Å². The maximum atomic E-state index is 11.8. The van der Waals surface area contributed by atoms with Crippen LogP contribution in [0, 0.1) is 0 Å². The Bertz CT molecular complexity index is 556. The van der Waals surface area contributed by atoms with E-state index in [9.17, 15) is 4.79 Å². The first-order valence-corrected chi connectivity index (χ1v) is 5.76. The highest BCUT2D eigenvalue weighted by Crippen LogP contribution is 2.17. The molecular weight excluding hydrogens is 242 g/mol. The molecule has 2 amide bonds. The average molecular weight is 257 g/mol. The van der Waals surface area contributed by atoms with Gasteiger partial charge < -0.3 is 10.2 Å². The Hall–Kier alpha value is -2.63. The number of nitrogens with zero attached hydrogens (tertiary/aromatic N) is 3. The van der Waals surface area contributed by atoms with E-state index in [1.54, 1.807) is 6.20 Å². The molecule has 0 aliphatic carbocycles. The molecular formula is C13H15N5O. The first kappa shape index (κ1) is 12.8. The third-order valence-electron chi connectivity index (χ3n) is 2.43. The summed E-state index contributed by atoms with van der Waals surface area (Å²) in [5.74, 6) is 0.406. The van der Waals surface area contributed by atoms with Crippen LogP contribution in [0.25, 0.3) is 0 Å². The predicted molar refractivity (Wildman–Crippen MR) is 75.4 cm³/mol. The number of anilines is 3. The quantitative estimate of drug-likeness (QED) is 0.884. The van der Waals surface area contributed by atoms with Crippen molar-refractivity contribution in [3.8, 4) is 0 Å². The number of nitrogens with one attached hydrogen (secondary N) is 2. The lowest BCUT2D eigenvalue weighted by Crippen LogP contribution is -2.20. The van der Waals surface area contributed by atoms with E-state index in [0.717, 1.165) is 5.69 Å². The molecule has 6 nitrogen and oxygen atoms in total. The maximum Gasteiger partial charge on any atom is 0.324 e. The number of carbonyl (C=O) groups is 1. The summed E-state index contributed by atoms with van der Waals surface area (Å²) in [5.41, 5.74) is 1.73. The van der Waals surface area contributed by atoms with Crippen LogP contribution in [0.2, 0.25) is 0 Å². The molecule has 0 spiro atoms. The first-order chi connectivity index (χ1) is 9.15. The Morgan fingerprint density at radius 1 is 1.21 bits per heavy atom. The van der Waals surface area contributed by atoms with E-state index in [1.165, 1.54) is 12.4 Å². The molecule has 2 aromatic rings. The van der Waals surface area contributed by atoms with E-state index in [1.807, 2.05) is 43.3 Å². The second-order valence-electron chi connectivity index (χ2n) is 4.11. The molecule has 98 valence electrons. The van der Waals surface area contributed by atoms with Crippen LogP contribution in [0.4, 0.5) is 22.0 Å². The smallest absolute Gasteiger partial charge is 0.324 e. The first-order valence-electron chi connectivity index (χ1n) is 5.76. The van der Waals surface area contributed by atoms with Gasteiger partial charge in [-0.3, -0.25) is 10.3 Å². The summed E-state index contributed by atoms with van der Waals surface area (Å²) in [6.07, 6.45) is 4.54. The van der Waals surface area contributed by atoms with E-state index in [2.05, 4.69) is 20.6 Å². The molecule has 1 aromatic heterocycles. The summed E-state index contributed by atoms with van der Waals surface area (Å²) >= 11 is 0. The second kappa shape index (κ2) is 5.81. The van der Waals surface area contributed by atoms with Gasteiger partial charge in [0.05, 0.1) is 6.20 Å². The van der Waals surface area contributed by atoms with Crippen LogP contribution in [0.3, 0.4) is 0 Å². The zero-order valence-corrected chi connectivity index (χ0v) is 10.8. The third-order valence-corrected chi connectivity index (χ3v) is 2.43. The highest BCUT2D eigenvalue weighted by Gasteiger charge is 2.04. The molecule has 0 aliphatic heterocycles. The number of hydrogen-bond donors (Lipinski definition) is 2. The van der Waals surface area contributed by atoms with Crippen molar-refractivity contribution >= 4 is 23.2 Å².